The van der Waals surface area contributed by atoms with Gasteiger partial charge in [0.05, 0.1) is 0 Å². The Balaban J connectivity index is 2.22. The first-order valence-electron chi connectivity index (χ1n) is 6.91. The molecule has 0 bridgehead atoms. The van der Waals surface area contributed by atoms with E-state index < -0.39 is 0 Å². The minimum atomic E-state index is 0.760. The maximum atomic E-state index is 5.41. The molecule has 16 heavy (non-hydrogen) atoms. The number of hydrogen-bond acceptors (Lipinski definition) is 3. The number of nitrogens with zero attached hydrogens (tertiary/aromatic N) is 1. The van der Waals surface area contributed by atoms with E-state index in [2.05, 4.69) is 24.1 Å². The summed E-state index contributed by atoms with van der Waals surface area (Å²) in [5.41, 5.74) is 0. The van der Waals surface area contributed by atoms with Gasteiger partial charge in [0.25, 0.3) is 0 Å². The van der Waals surface area contributed by atoms with Crippen LogP contribution in [-0.4, -0.2) is 50.3 Å². The van der Waals surface area contributed by atoms with E-state index >= 15 is 0 Å². The molecule has 0 saturated carbocycles. The summed E-state index contributed by atoms with van der Waals surface area (Å²) in [6, 6.07) is 0.760. The SMILES string of the molecule is CCCN(CCCOCC)C1CCCNC1. The molecule has 1 heterocycles. The van der Waals surface area contributed by atoms with E-state index in [1.165, 1.54) is 51.9 Å². The largest absolute Gasteiger partial charge is 0.382 e. The van der Waals surface area contributed by atoms with Crippen LogP contribution < -0.4 is 5.32 Å². The molecular weight excluding hydrogens is 200 g/mol. The van der Waals surface area contributed by atoms with E-state index in [0.717, 1.165) is 19.3 Å². The van der Waals surface area contributed by atoms with E-state index in [1.807, 2.05) is 0 Å². The third-order valence-electron chi connectivity index (χ3n) is 3.24. The standard InChI is InChI=1S/C13H28N2O/c1-3-9-15(10-6-11-16-4-2)13-7-5-8-14-12-13/h13-14H,3-12H2,1-2H3. The van der Waals surface area contributed by atoms with Crippen LogP contribution in [0.1, 0.15) is 39.5 Å². The number of rotatable bonds is 8. The van der Waals surface area contributed by atoms with Gasteiger partial charge in [-0.3, -0.25) is 4.90 Å². The van der Waals surface area contributed by atoms with Gasteiger partial charge in [0, 0.05) is 32.3 Å². The van der Waals surface area contributed by atoms with Crippen molar-refractivity contribution in [2.45, 2.75) is 45.6 Å². The minimum Gasteiger partial charge on any atom is -0.382 e. The average Bonchev–Trinajstić information content (AvgIpc) is 2.34. The van der Waals surface area contributed by atoms with Crippen molar-refractivity contribution in [3.8, 4) is 0 Å². The molecule has 0 aromatic rings. The predicted molar refractivity (Wildman–Crippen MR) is 68.9 cm³/mol. The molecule has 1 rings (SSSR count). The Bertz CT molecular complexity index is 158. The van der Waals surface area contributed by atoms with Gasteiger partial charge >= 0.3 is 0 Å². The number of nitrogens with one attached hydrogen (secondary N) is 1. The molecule has 1 N–H and O–H groups in total. The van der Waals surface area contributed by atoms with Gasteiger partial charge in [0.15, 0.2) is 0 Å². The molecule has 1 unspecified atom stereocenters. The maximum absolute atomic E-state index is 5.41. The van der Waals surface area contributed by atoms with Crippen molar-refractivity contribution in [3.05, 3.63) is 0 Å². The van der Waals surface area contributed by atoms with E-state index in [4.69, 9.17) is 4.74 Å². The highest BCUT2D eigenvalue weighted by molar-refractivity contribution is 4.78. The van der Waals surface area contributed by atoms with Crippen LogP contribution in [0.2, 0.25) is 0 Å². The third-order valence-corrected chi connectivity index (χ3v) is 3.24. The Morgan fingerprint density at radius 1 is 1.31 bits per heavy atom. The molecule has 0 aliphatic carbocycles. The van der Waals surface area contributed by atoms with Gasteiger partial charge in [-0.1, -0.05) is 6.92 Å². The van der Waals surface area contributed by atoms with Crippen LogP contribution in [0.25, 0.3) is 0 Å². The van der Waals surface area contributed by atoms with Gasteiger partial charge < -0.3 is 10.1 Å². The lowest BCUT2D eigenvalue weighted by Gasteiger charge is -2.34. The van der Waals surface area contributed by atoms with Crippen LogP contribution in [0.5, 0.6) is 0 Å². The molecule has 0 aromatic heterocycles. The average molecular weight is 228 g/mol. The van der Waals surface area contributed by atoms with Crippen molar-refractivity contribution < 1.29 is 4.74 Å². The lowest BCUT2D eigenvalue weighted by atomic mass is 10.1. The van der Waals surface area contributed by atoms with Crippen LogP contribution in [0.15, 0.2) is 0 Å². The summed E-state index contributed by atoms with van der Waals surface area (Å²) >= 11 is 0. The van der Waals surface area contributed by atoms with E-state index in [1.54, 1.807) is 0 Å². The van der Waals surface area contributed by atoms with Crippen LogP contribution in [-0.2, 0) is 4.74 Å². The molecule has 3 heteroatoms. The third kappa shape index (κ3) is 5.28. The Kier molecular flexibility index (Phi) is 7.81. The fraction of sp³-hybridized carbons (Fsp3) is 1.00. The minimum absolute atomic E-state index is 0.760. The molecule has 0 aromatic carbocycles. The summed E-state index contributed by atoms with van der Waals surface area (Å²) in [5, 5.41) is 3.50. The van der Waals surface area contributed by atoms with Crippen LogP contribution in [0.4, 0.5) is 0 Å². The molecule has 1 fully saturated rings. The molecule has 1 saturated heterocycles. The smallest absolute Gasteiger partial charge is 0.0478 e. The summed E-state index contributed by atoms with van der Waals surface area (Å²) in [6.07, 6.45) is 5.12. The molecule has 1 aliphatic heterocycles. The topological polar surface area (TPSA) is 24.5 Å². The lowest BCUT2D eigenvalue weighted by molar-refractivity contribution is 0.113. The molecular formula is C13H28N2O. The van der Waals surface area contributed by atoms with E-state index in [9.17, 15) is 0 Å². The zero-order valence-corrected chi connectivity index (χ0v) is 11.0. The van der Waals surface area contributed by atoms with Crippen molar-refractivity contribution in [1.29, 1.82) is 0 Å². The van der Waals surface area contributed by atoms with E-state index in [-0.39, 0.29) is 0 Å². The first-order chi connectivity index (χ1) is 7.88. The zero-order chi connectivity index (χ0) is 11.6. The van der Waals surface area contributed by atoms with Crippen LogP contribution in [0.3, 0.4) is 0 Å². The number of ether oxygens (including phenoxy) is 1. The fourth-order valence-corrected chi connectivity index (χ4v) is 2.42. The lowest BCUT2D eigenvalue weighted by Crippen LogP contribution is -2.46. The van der Waals surface area contributed by atoms with Crippen molar-refractivity contribution in [1.82, 2.24) is 10.2 Å². The molecule has 3 nitrogen and oxygen atoms in total. The Hall–Kier alpha value is -0.120. The van der Waals surface area contributed by atoms with Crippen molar-refractivity contribution in [2.24, 2.45) is 0 Å². The van der Waals surface area contributed by atoms with E-state index in [0.29, 0.717) is 0 Å². The first-order valence-corrected chi connectivity index (χ1v) is 6.91. The highest BCUT2D eigenvalue weighted by atomic mass is 16.5. The maximum Gasteiger partial charge on any atom is 0.0478 e. The number of piperidine rings is 1. The number of hydrogen-bond donors (Lipinski definition) is 1. The van der Waals surface area contributed by atoms with Crippen LogP contribution in [0, 0.1) is 0 Å². The monoisotopic (exact) mass is 228 g/mol. The Labute approximate surface area is 101 Å². The Morgan fingerprint density at radius 3 is 2.81 bits per heavy atom. The molecule has 0 amide bonds. The second-order valence-electron chi connectivity index (χ2n) is 4.59. The highest BCUT2D eigenvalue weighted by Crippen LogP contribution is 2.11. The summed E-state index contributed by atoms with van der Waals surface area (Å²) in [4.78, 5) is 2.64. The molecule has 0 spiro atoms. The van der Waals surface area contributed by atoms with Gasteiger partial charge in [-0.25, -0.2) is 0 Å². The predicted octanol–water partition coefficient (Wildman–Crippen LogP) is 1.88. The van der Waals surface area contributed by atoms with Gasteiger partial charge in [-0.2, -0.15) is 0 Å². The normalized spacial score (nSPS) is 21.6. The fourth-order valence-electron chi connectivity index (χ4n) is 2.42. The molecule has 96 valence electrons. The quantitative estimate of drug-likeness (QED) is 0.642. The molecule has 1 atom stereocenters. The summed E-state index contributed by atoms with van der Waals surface area (Å²) < 4.78 is 5.41. The van der Waals surface area contributed by atoms with Crippen molar-refractivity contribution in [3.63, 3.8) is 0 Å². The van der Waals surface area contributed by atoms with Gasteiger partial charge in [0.2, 0.25) is 0 Å². The van der Waals surface area contributed by atoms with Crippen molar-refractivity contribution in [2.75, 3.05) is 39.4 Å². The zero-order valence-electron chi connectivity index (χ0n) is 11.0. The van der Waals surface area contributed by atoms with Crippen LogP contribution >= 0.6 is 0 Å². The summed E-state index contributed by atoms with van der Waals surface area (Å²) in [7, 11) is 0. The second-order valence-corrected chi connectivity index (χ2v) is 4.59. The van der Waals surface area contributed by atoms with Gasteiger partial charge in [-0.05, 0) is 45.7 Å². The summed E-state index contributed by atoms with van der Waals surface area (Å²) in [6.45, 7) is 10.9. The second kappa shape index (κ2) is 8.97. The summed E-state index contributed by atoms with van der Waals surface area (Å²) in [5.74, 6) is 0. The highest BCUT2D eigenvalue weighted by Gasteiger charge is 2.19. The molecule has 1 aliphatic rings. The van der Waals surface area contributed by atoms with Crippen molar-refractivity contribution >= 4 is 0 Å². The first kappa shape index (κ1) is 13.9. The van der Waals surface area contributed by atoms with Gasteiger partial charge in [0.1, 0.15) is 0 Å². The molecule has 0 radical (unpaired) electrons. The van der Waals surface area contributed by atoms with Gasteiger partial charge in [-0.15, -0.1) is 0 Å². The Morgan fingerprint density at radius 2 is 2.19 bits per heavy atom.